The van der Waals surface area contributed by atoms with Crippen molar-refractivity contribution < 1.29 is 9.53 Å². The molecule has 3 aliphatic heterocycles. The number of rotatable bonds is 6. The van der Waals surface area contributed by atoms with Gasteiger partial charge in [-0.3, -0.25) is 4.79 Å². The van der Waals surface area contributed by atoms with Gasteiger partial charge in [0, 0.05) is 44.0 Å². The summed E-state index contributed by atoms with van der Waals surface area (Å²) in [7, 11) is 0. The van der Waals surface area contributed by atoms with E-state index in [4.69, 9.17) is 10.5 Å². The largest absolute Gasteiger partial charge is 0.383 e. The van der Waals surface area contributed by atoms with Crippen LogP contribution in [-0.2, 0) is 9.53 Å². The number of carbonyl (C=O) groups excluding carboxylic acids is 1. The smallest absolute Gasteiger partial charge is 0.219 e. The van der Waals surface area contributed by atoms with Gasteiger partial charge in [-0.15, -0.1) is 0 Å². The van der Waals surface area contributed by atoms with Gasteiger partial charge in [0.2, 0.25) is 5.91 Å². The number of nitrogen functional groups attached to an aromatic ring is 1. The molecule has 4 heterocycles. The fourth-order valence-corrected chi connectivity index (χ4v) is 5.25. The van der Waals surface area contributed by atoms with Crippen LogP contribution in [0.1, 0.15) is 32.6 Å². The Morgan fingerprint density at radius 1 is 1.54 bits per heavy atom. The number of hydrogen-bond donors (Lipinski definition) is 2. The van der Waals surface area contributed by atoms with Gasteiger partial charge >= 0.3 is 0 Å². The van der Waals surface area contributed by atoms with E-state index in [1.54, 1.807) is 0 Å². The number of ether oxygens (including phenoxy) is 1. The Morgan fingerprint density at radius 2 is 2.38 bits per heavy atom. The third-order valence-corrected chi connectivity index (χ3v) is 6.56. The Morgan fingerprint density at radius 3 is 3.15 bits per heavy atom. The zero-order valence-corrected chi connectivity index (χ0v) is 16.2. The lowest BCUT2D eigenvalue weighted by Crippen LogP contribution is -2.41. The fraction of sp³-hybridized carbons (Fsp3) is 0.722. The van der Waals surface area contributed by atoms with Crippen LogP contribution < -0.4 is 16.0 Å². The monoisotopic (exact) mass is 377 g/mol. The molecule has 0 unspecified atom stereocenters. The van der Waals surface area contributed by atoms with Gasteiger partial charge in [-0.25, -0.2) is 9.97 Å². The van der Waals surface area contributed by atoms with E-state index in [9.17, 15) is 4.79 Å². The van der Waals surface area contributed by atoms with Gasteiger partial charge in [0.1, 0.15) is 11.6 Å². The molecule has 0 saturated carbocycles. The summed E-state index contributed by atoms with van der Waals surface area (Å²) in [5.41, 5.74) is 5.87. The first-order chi connectivity index (χ1) is 12.5. The molecule has 3 fully saturated rings. The van der Waals surface area contributed by atoms with Crippen molar-refractivity contribution in [3.05, 3.63) is 6.07 Å². The first-order valence-electron chi connectivity index (χ1n) is 9.42. The average molecular weight is 378 g/mol. The van der Waals surface area contributed by atoms with Gasteiger partial charge in [-0.1, -0.05) is 18.7 Å². The third-order valence-electron chi connectivity index (χ3n) is 6.01. The number of carbonyl (C=O) groups is 1. The molecule has 7 nitrogen and oxygen atoms in total. The number of nitrogens with one attached hydrogen (secondary N) is 1. The van der Waals surface area contributed by atoms with Crippen LogP contribution in [0, 0.1) is 11.8 Å². The lowest BCUT2D eigenvalue weighted by Gasteiger charge is -2.29. The molecule has 0 aliphatic carbocycles. The van der Waals surface area contributed by atoms with Crippen molar-refractivity contribution in [1.29, 1.82) is 0 Å². The number of nitrogens with zero attached hydrogens (tertiary/aromatic N) is 3. The summed E-state index contributed by atoms with van der Waals surface area (Å²) in [5.74, 6) is 2.34. The van der Waals surface area contributed by atoms with E-state index in [1.165, 1.54) is 11.8 Å². The second kappa shape index (κ2) is 6.88. The maximum atomic E-state index is 11.9. The van der Waals surface area contributed by atoms with Crippen LogP contribution in [0.15, 0.2) is 11.2 Å². The minimum absolute atomic E-state index is 0.0932. The molecule has 1 amide bonds. The summed E-state index contributed by atoms with van der Waals surface area (Å²) >= 11 is 1.50. The molecule has 8 heteroatoms. The van der Waals surface area contributed by atoms with Crippen molar-refractivity contribution in [2.75, 3.05) is 36.5 Å². The van der Waals surface area contributed by atoms with E-state index >= 15 is 0 Å². The second-order valence-corrected chi connectivity index (χ2v) is 8.38. The van der Waals surface area contributed by atoms with Crippen LogP contribution in [0.5, 0.6) is 0 Å². The highest BCUT2D eigenvalue weighted by atomic mass is 32.2. The van der Waals surface area contributed by atoms with E-state index in [0.717, 1.165) is 38.2 Å². The summed E-state index contributed by atoms with van der Waals surface area (Å²) in [6.45, 7) is 4.49. The molecule has 0 radical (unpaired) electrons. The quantitative estimate of drug-likeness (QED) is 0.575. The Balaban J connectivity index is 1.50. The van der Waals surface area contributed by atoms with Crippen LogP contribution >= 0.6 is 11.8 Å². The lowest BCUT2D eigenvalue weighted by molar-refractivity contribution is -0.121. The minimum Gasteiger partial charge on any atom is -0.383 e. The Hall–Kier alpha value is -1.54. The molecule has 0 aromatic carbocycles. The summed E-state index contributed by atoms with van der Waals surface area (Å²) in [5, 5.41) is 3.81. The van der Waals surface area contributed by atoms with Crippen molar-refractivity contribution in [1.82, 2.24) is 15.3 Å². The number of nitrogens with two attached hydrogens (primary N) is 1. The van der Waals surface area contributed by atoms with Crippen LogP contribution in [-0.4, -0.2) is 53.5 Å². The molecule has 4 atom stereocenters. The maximum absolute atomic E-state index is 11.9. The maximum Gasteiger partial charge on any atom is 0.219 e. The van der Waals surface area contributed by atoms with Crippen molar-refractivity contribution in [3.63, 3.8) is 0 Å². The van der Waals surface area contributed by atoms with E-state index in [0.29, 0.717) is 35.8 Å². The van der Waals surface area contributed by atoms with Crippen LogP contribution in [0.3, 0.4) is 0 Å². The van der Waals surface area contributed by atoms with Crippen molar-refractivity contribution in [3.8, 4) is 0 Å². The summed E-state index contributed by atoms with van der Waals surface area (Å²) in [6.07, 6.45) is 5.88. The van der Waals surface area contributed by atoms with E-state index in [-0.39, 0.29) is 17.6 Å². The molecule has 3 saturated heterocycles. The van der Waals surface area contributed by atoms with Crippen molar-refractivity contribution in [2.45, 2.75) is 49.5 Å². The standard InChI is InChI=1S/C18H27N5O2S/c1-3-4-16(24)20-8-11-12-9-23(10-18(12)6-5-13(11)25-18)15-7-14(19)21-17(22-15)26-2/h7,11-13H,3-6,8-10H2,1-2H3,(H,20,24)(H2,19,21,22)/t11-,12+,13+,18+/m0/s1. The second-order valence-electron chi connectivity index (χ2n) is 7.60. The Kier molecular flexibility index (Phi) is 4.73. The normalized spacial score (nSPS) is 32.1. The average Bonchev–Trinajstić information content (AvgIpc) is 3.28. The molecular weight excluding hydrogens is 350 g/mol. The Bertz CT molecular complexity index is 702. The number of thioether (sulfide) groups is 1. The van der Waals surface area contributed by atoms with E-state index in [2.05, 4.69) is 20.2 Å². The summed E-state index contributed by atoms with van der Waals surface area (Å²) < 4.78 is 6.45. The number of hydrogen-bond acceptors (Lipinski definition) is 7. The highest BCUT2D eigenvalue weighted by molar-refractivity contribution is 7.98. The number of aromatic nitrogens is 2. The highest BCUT2D eigenvalue weighted by Gasteiger charge is 2.63. The lowest BCUT2D eigenvalue weighted by atomic mass is 9.73. The summed E-state index contributed by atoms with van der Waals surface area (Å²) in [6, 6.07) is 1.85. The highest BCUT2D eigenvalue weighted by Crippen LogP contribution is 2.55. The van der Waals surface area contributed by atoms with E-state index < -0.39 is 0 Å². The zero-order valence-electron chi connectivity index (χ0n) is 15.4. The van der Waals surface area contributed by atoms with Crippen LogP contribution in [0.4, 0.5) is 11.6 Å². The molecular formula is C18H27N5O2S. The van der Waals surface area contributed by atoms with Gasteiger partial charge in [0.15, 0.2) is 5.16 Å². The molecule has 3 N–H and O–H groups in total. The molecule has 4 rings (SSSR count). The number of amides is 1. The third kappa shape index (κ3) is 3.03. The predicted molar refractivity (Wildman–Crippen MR) is 102 cm³/mol. The molecule has 26 heavy (non-hydrogen) atoms. The molecule has 3 aliphatic rings. The van der Waals surface area contributed by atoms with Crippen LogP contribution in [0.2, 0.25) is 0 Å². The molecule has 142 valence electrons. The van der Waals surface area contributed by atoms with Gasteiger partial charge < -0.3 is 20.7 Å². The first-order valence-corrected chi connectivity index (χ1v) is 10.6. The van der Waals surface area contributed by atoms with Crippen LogP contribution in [0.25, 0.3) is 0 Å². The number of fused-ring (bicyclic) bond motifs is 1. The van der Waals surface area contributed by atoms with E-state index in [1.807, 2.05) is 19.2 Å². The minimum atomic E-state index is -0.0932. The fourth-order valence-electron chi connectivity index (χ4n) is 4.87. The first kappa shape index (κ1) is 17.9. The van der Waals surface area contributed by atoms with Gasteiger partial charge in [-0.2, -0.15) is 0 Å². The van der Waals surface area contributed by atoms with Gasteiger partial charge in [-0.05, 0) is 25.5 Å². The molecule has 1 spiro atoms. The van der Waals surface area contributed by atoms with Crippen molar-refractivity contribution in [2.24, 2.45) is 11.8 Å². The molecule has 2 bridgehead atoms. The SMILES string of the molecule is CCCC(=O)NC[C@H]1[C@H]2CN(c3cc(N)nc(SC)n3)C[C@]23CC[C@H]1O3. The topological polar surface area (TPSA) is 93.4 Å². The van der Waals surface area contributed by atoms with Crippen molar-refractivity contribution >= 4 is 29.3 Å². The predicted octanol–water partition coefficient (Wildman–Crippen LogP) is 1.68. The molecule has 1 aromatic rings. The summed E-state index contributed by atoms with van der Waals surface area (Å²) in [4.78, 5) is 23.1. The zero-order chi connectivity index (χ0) is 18.3. The molecule has 1 aromatic heterocycles. The van der Waals surface area contributed by atoms with Gasteiger partial charge in [0.25, 0.3) is 0 Å². The Labute approximate surface area is 158 Å². The van der Waals surface area contributed by atoms with Gasteiger partial charge in [0.05, 0.1) is 11.7 Å². The number of anilines is 2.